The van der Waals surface area contributed by atoms with Gasteiger partial charge in [-0.25, -0.2) is 4.39 Å². The topological polar surface area (TPSA) is 88.1 Å². The summed E-state index contributed by atoms with van der Waals surface area (Å²) in [7, 11) is 1.57. The predicted octanol–water partition coefficient (Wildman–Crippen LogP) is 5.47. The van der Waals surface area contributed by atoms with E-state index in [9.17, 15) is 14.7 Å². The third kappa shape index (κ3) is 4.75. The number of carbonyl (C=O) groups is 2. The van der Waals surface area contributed by atoms with Crippen molar-refractivity contribution in [2.75, 3.05) is 23.9 Å². The molecule has 2 amide bonds. The van der Waals surface area contributed by atoms with E-state index in [0.717, 1.165) is 5.56 Å². The second-order valence-electron chi connectivity index (χ2n) is 11.1. The minimum atomic E-state index is -1.61. The Bertz CT molecular complexity index is 1400. The number of benzene rings is 3. The van der Waals surface area contributed by atoms with Gasteiger partial charge < -0.3 is 24.8 Å². The van der Waals surface area contributed by atoms with Gasteiger partial charge in [-0.1, -0.05) is 37.3 Å². The van der Waals surface area contributed by atoms with Crippen molar-refractivity contribution >= 4 is 23.2 Å². The van der Waals surface area contributed by atoms with Crippen LogP contribution in [-0.2, 0) is 21.7 Å². The molecule has 8 heteroatoms. The van der Waals surface area contributed by atoms with Gasteiger partial charge in [0.1, 0.15) is 11.4 Å². The number of hydrogen-bond acceptors (Lipinski definition) is 5. The number of nitrogens with one attached hydrogen (secondary N) is 1. The molecular weight excluding hydrogens is 511 g/mol. The lowest BCUT2D eigenvalue weighted by atomic mass is 9.71. The van der Waals surface area contributed by atoms with Gasteiger partial charge in [0.2, 0.25) is 0 Å². The molecule has 3 aromatic rings. The molecule has 4 atom stereocenters. The van der Waals surface area contributed by atoms with Gasteiger partial charge >= 0.3 is 0 Å². The fourth-order valence-corrected chi connectivity index (χ4v) is 6.43. The minimum absolute atomic E-state index is 0.158. The first-order chi connectivity index (χ1) is 19.1. The summed E-state index contributed by atoms with van der Waals surface area (Å²) in [4.78, 5) is 28.7. The standard InChI is InChI=1S/C32H35FN2O5/c1-20-28(31(2,3)33)27(16-17-36)40-32(20)25-10-5-6-11-26(25)35(30(32)38)19-21-8-7-9-23(18-21)34-29(37)22-12-14-24(39-4)15-13-22/h5-15,18,20,27-28,36H,16-17,19H2,1-4H3,(H,34,37)/t20-,27+,28-,32+/m1/s1. The normalized spacial score (nSPS) is 23.9. The second kappa shape index (κ2) is 10.7. The first-order valence-electron chi connectivity index (χ1n) is 13.5. The van der Waals surface area contributed by atoms with E-state index in [0.29, 0.717) is 28.3 Å². The molecule has 2 heterocycles. The maximum Gasteiger partial charge on any atom is 0.264 e. The van der Waals surface area contributed by atoms with Crippen LogP contribution in [0.25, 0.3) is 0 Å². The van der Waals surface area contributed by atoms with Crippen LogP contribution >= 0.6 is 0 Å². The fourth-order valence-electron chi connectivity index (χ4n) is 6.43. The van der Waals surface area contributed by atoms with Crippen molar-refractivity contribution < 1.29 is 28.6 Å². The van der Waals surface area contributed by atoms with Gasteiger partial charge in [0.15, 0.2) is 5.60 Å². The average Bonchev–Trinajstić information content (AvgIpc) is 3.36. The van der Waals surface area contributed by atoms with Crippen molar-refractivity contribution in [3.05, 3.63) is 89.5 Å². The summed E-state index contributed by atoms with van der Waals surface area (Å²) in [5.41, 5.74) is 0.380. The molecule has 1 spiro atoms. The Morgan fingerprint density at radius 1 is 1.12 bits per heavy atom. The Morgan fingerprint density at radius 2 is 1.85 bits per heavy atom. The molecule has 0 radical (unpaired) electrons. The monoisotopic (exact) mass is 546 g/mol. The lowest BCUT2D eigenvalue weighted by Gasteiger charge is -2.32. The highest BCUT2D eigenvalue weighted by atomic mass is 19.1. The summed E-state index contributed by atoms with van der Waals surface area (Å²) in [6, 6.07) is 21.7. The molecule has 2 aliphatic heterocycles. The highest BCUT2D eigenvalue weighted by molar-refractivity contribution is 6.07. The average molecular weight is 547 g/mol. The highest BCUT2D eigenvalue weighted by Crippen LogP contribution is 2.58. The molecule has 0 unspecified atom stereocenters. The molecule has 210 valence electrons. The third-order valence-electron chi connectivity index (χ3n) is 8.16. The lowest BCUT2D eigenvalue weighted by Crippen LogP contribution is -2.45. The van der Waals surface area contributed by atoms with Gasteiger partial charge in [0.05, 0.1) is 25.4 Å². The molecule has 0 bridgehead atoms. The van der Waals surface area contributed by atoms with E-state index in [1.165, 1.54) is 13.8 Å². The summed E-state index contributed by atoms with van der Waals surface area (Å²) in [6.07, 6.45) is -0.358. The molecule has 3 aromatic carbocycles. The molecule has 0 aromatic heterocycles. The number of hydrogen-bond donors (Lipinski definition) is 2. The number of carbonyl (C=O) groups excluding carboxylic acids is 2. The van der Waals surface area contributed by atoms with Crippen LogP contribution < -0.4 is 15.0 Å². The molecule has 0 saturated carbocycles. The van der Waals surface area contributed by atoms with Gasteiger partial charge in [0, 0.05) is 35.3 Å². The molecule has 5 rings (SSSR count). The van der Waals surface area contributed by atoms with Crippen LogP contribution in [-0.4, -0.2) is 42.4 Å². The second-order valence-corrected chi connectivity index (χ2v) is 11.1. The van der Waals surface area contributed by atoms with E-state index >= 15 is 4.39 Å². The van der Waals surface area contributed by atoms with Crippen molar-refractivity contribution in [2.45, 2.75) is 51.1 Å². The zero-order chi connectivity index (χ0) is 28.7. The van der Waals surface area contributed by atoms with E-state index in [-0.39, 0.29) is 31.4 Å². The van der Waals surface area contributed by atoms with Crippen LogP contribution in [0.3, 0.4) is 0 Å². The van der Waals surface area contributed by atoms with Crippen LogP contribution in [0, 0.1) is 11.8 Å². The number of halogens is 1. The van der Waals surface area contributed by atoms with Crippen LogP contribution in [0.1, 0.15) is 48.7 Å². The third-order valence-corrected chi connectivity index (χ3v) is 8.16. The number of alkyl halides is 1. The van der Waals surface area contributed by atoms with Gasteiger partial charge in [-0.3, -0.25) is 9.59 Å². The van der Waals surface area contributed by atoms with Gasteiger partial charge in [-0.05, 0) is 68.3 Å². The Morgan fingerprint density at radius 3 is 2.52 bits per heavy atom. The number of rotatable bonds is 8. The maximum atomic E-state index is 15.5. The molecular formula is C32H35FN2O5. The van der Waals surface area contributed by atoms with E-state index in [4.69, 9.17) is 9.47 Å². The fraction of sp³-hybridized carbons (Fsp3) is 0.375. The lowest BCUT2D eigenvalue weighted by molar-refractivity contribution is -0.146. The minimum Gasteiger partial charge on any atom is -0.497 e. The number of methoxy groups -OCH3 is 1. The molecule has 1 saturated heterocycles. The van der Waals surface area contributed by atoms with Crippen LogP contribution in [0.5, 0.6) is 5.75 Å². The van der Waals surface area contributed by atoms with Gasteiger partial charge in [-0.2, -0.15) is 0 Å². The zero-order valence-corrected chi connectivity index (χ0v) is 23.2. The Hall–Kier alpha value is -3.75. The number of aliphatic hydroxyl groups excluding tert-OH is 1. The highest BCUT2D eigenvalue weighted by Gasteiger charge is 2.65. The Labute approximate surface area is 233 Å². The van der Waals surface area contributed by atoms with Crippen LogP contribution in [0.15, 0.2) is 72.8 Å². The Balaban J connectivity index is 1.42. The SMILES string of the molecule is COc1ccc(C(=O)Nc2cccc(CN3C(=O)[C@@]4(O[C@@H](CCO)[C@H](C(C)(C)F)[C@H]4C)c4ccccc43)c2)cc1. The number of para-hydroxylation sites is 1. The number of nitrogens with zero attached hydrogens (tertiary/aromatic N) is 1. The first-order valence-corrected chi connectivity index (χ1v) is 13.5. The summed E-state index contributed by atoms with van der Waals surface area (Å²) < 4.78 is 27.1. The van der Waals surface area contributed by atoms with Crippen molar-refractivity contribution in [1.29, 1.82) is 0 Å². The van der Waals surface area contributed by atoms with Crippen molar-refractivity contribution in [2.24, 2.45) is 11.8 Å². The van der Waals surface area contributed by atoms with E-state index in [1.54, 1.807) is 42.3 Å². The smallest absolute Gasteiger partial charge is 0.264 e. The molecule has 40 heavy (non-hydrogen) atoms. The number of anilines is 2. The predicted molar refractivity (Wildman–Crippen MR) is 151 cm³/mol. The Kier molecular flexibility index (Phi) is 7.42. The van der Waals surface area contributed by atoms with Crippen molar-refractivity contribution in [3.8, 4) is 5.75 Å². The van der Waals surface area contributed by atoms with Crippen molar-refractivity contribution in [1.82, 2.24) is 0 Å². The van der Waals surface area contributed by atoms with E-state index < -0.39 is 29.2 Å². The van der Waals surface area contributed by atoms with Crippen LogP contribution in [0.4, 0.5) is 15.8 Å². The van der Waals surface area contributed by atoms with Gasteiger partial charge in [-0.15, -0.1) is 0 Å². The summed E-state index contributed by atoms with van der Waals surface area (Å²) in [5.74, 6) is -0.879. The molecule has 7 nitrogen and oxygen atoms in total. The number of amides is 2. The van der Waals surface area contributed by atoms with Crippen molar-refractivity contribution in [3.63, 3.8) is 0 Å². The summed E-state index contributed by atoms with van der Waals surface area (Å²) >= 11 is 0. The quantitative estimate of drug-likeness (QED) is 0.391. The van der Waals surface area contributed by atoms with E-state index in [1.807, 2.05) is 49.4 Å². The number of fused-ring (bicyclic) bond motifs is 2. The largest absolute Gasteiger partial charge is 0.497 e. The first kappa shape index (κ1) is 27.8. The number of aliphatic hydroxyl groups is 1. The summed E-state index contributed by atoms with van der Waals surface area (Å²) in [6.45, 7) is 4.98. The number of ether oxygens (including phenoxy) is 2. The van der Waals surface area contributed by atoms with Gasteiger partial charge in [0.25, 0.3) is 11.8 Å². The van der Waals surface area contributed by atoms with E-state index in [2.05, 4.69) is 5.32 Å². The van der Waals surface area contributed by atoms with Crippen LogP contribution in [0.2, 0.25) is 0 Å². The molecule has 1 fully saturated rings. The molecule has 0 aliphatic carbocycles. The molecule has 2 N–H and O–H groups in total. The summed E-state index contributed by atoms with van der Waals surface area (Å²) in [5, 5.41) is 12.6. The maximum absolute atomic E-state index is 15.5. The zero-order valence-electron chi connectivity index (χ0n) is 23.2. The molecule has 2 aliphatic rings.